The fourth-order valence-electron chi connectivity index (χ4n) is 2.46. The second-order valence-corrected chi connectivity index (χ2v) is 6.61. The number of benzene rings is 1. The zero-order chi connectivity index (χ0) is 16.3. The third-order valence-corrected chi connectivity index (χ3v) is 4.80. The molecule has 0 aromatic heterocycles. The van der Waals surface area contributed by atoms with Gasteiger partial charge in [0.15, 0.2) is 5.96 Å². The van der Waals surface area contributed by atoms with Gasteiger partial charge in [0.05, 0.1) is 6.54 Å². The first-order valence-electron chi connectivity index (χ1n) is 8.27. The Morgan fingerprint density at radius 1 is 1.46 bits per heavy atom. The molecule has 1 aromatic carbocycles. The lowest BCUT2D eigenvalue weighted by Crippen LogP contribution is -2.45. The van der Waals surface area contributed by atoms with Crippen molar-refractivity contribution in [3.63, 3.8) is 0 Å². The van der Waals surface area contributed by atoms with Crippen molar-refractivity contribution in [2.45, 2.75) is 32.4 Å². The van der Waals surface area contributed by atoms with Crippen LogP contribution >= 0.6 is 35.7 Å². The van der Waals surface area contributed by atoms with Gasteiger partial charge in [-0.05, 0) is 31.6 Å². The molecule has 1 aliphatic heterocycles. The van der Waals surface area contributed by atoms with Crippen LogP contribution in [0, 0.1) is 0 Å². The average molecular weight is 461 g/mol. The minimum Gasteiger partial charge on any atom is -0.489 e. The summed E-state index contributed by atoms with van der Waals surface area (Å²) in [6.07, 6.45) is 4.25. The van der Waals surface area contributed by atoms with E-state index in [1.807, 2.05) is 30.0 Å². The maximum absolute atomic E-state index is 5.70. The molecule has 0 saturated carbocycles. The molecule has 4 nitrogen and oxygen atoms in total. The number of nitrogens with zero attached hydrogens (tertiary/aromatic N) is 1. The van der Waals surface area contributed by atoms with E-state index in [0.717, 1.165) is 29.6 Å². The van der Waals surface area contributed by atoms with Crippen molar-refractivity contribution in [3.8, 4) is 5.75 Å². The molecule has 0 aliphatic carbocycles. The molecule has 6 heteroatoms. The Morgan fingerprint density at radius 2 is 2.29 bits per heavy atom. The third kappa shape index (κ3) is 7.34. The van der Waals surface area contributed by atoms with Crippen LogP contribution in [-0.4, -0.2) is 36.7 Å². The molecule has 1 atom stereocenters. The van der Waals surface area contributed by atoms with Crippen LogP contribution in [-0.2, 0) is 6.54 Å². The van der Waals surface area contributed by atoms with E-state index in [1.54, 1.807) is 6.08 Å². The van der Waals surface area contributed by atoms with Crippen molar-refractivity contribution in [3.05, 3.63) is 42.5 Å². The highest BCUT2D eigenvalue weighted by Crippen LogP contribution is 2.19. The van der Waals surface area contributed by atoms with Crippen molar-refractivity contribution < 1.29 is 4.74 Å². The quantitative estimate of drug-likeness (QED) is 0.281. The molecule has 1 aromatic rings. The predicted octanol–water partition coefficient (Wildman–Crippen LogP) is 3.82. The molecule has 2 N–H and O–H groups in total. The van der Waals surface area contributed by atoms with Gasteiger partial charge in [0.25, 0.3) is 0 Å². The van der Waals surface area contributed by atoms with Crippen molar-refractivity contribution in [1.29, 1.82) is 0 Å². The molecule has 1 unspecified atom stereocenters. The van der Waals surface area contributed by atoms with Gasteiger partial charge >= 0.3 is 0 Å². The maximum atomic E-state index is 5.70. The Balaban J connectivity index is 0.00000288. The Morgan fingerprint density at radius 3 is 3.00 bits per heavy atom. The van der Waals surface area contributed by atoms with Gasteiger partial charge in [0.1, 0.15) is 12.4 Å². The fourth-order valence-corrected chi connectivity index (χ4v) is 3.53. The summed E-state index contributed by atoms with van der Waals surface area (Å²) in [6, 6.07) is 8.55. The zero-order valence-corrected chi connectivity index (χ0v) is 17.4. The van der Waals surface area contributed by atoms with E-state index in [2.05, 4.69) is 30.2 Å². The Bertz CT molecular complexity index is 519. The van der Waals surface area contributed by atoms with Gasteiger partial charge in [-0.1, -0.05) is 30.9 Å². The summed E-state index contributed by atoms with van der Waals surface area (Å²) in [5.74, 6) is 4.20. The number of thioether (sulfide) groups is 1. The summed E-state index contributed by atoms with van der Waals surface area (Å²) in [6.45, 7) is 7.76. The maximum Gasteiger partial charge on any atom is 0.191 e. The molecule has 134 valence electrons. The average Bonchev–Trinajstić information content (AvgIpc) is 2.59. The lowest BCUT2D eigenvalue weighted by Gasteiger charge is -2.24. The van der Waals surface area contributed by atoms with Gasteiger partial charge in [-0.15, -0.1) is 24.0 Å². The van der Waals surface area contributed by atoms with Crippen LogP contribution in [0.3, 0.4) is 0 Å². The highest BCUT2D eigenvalue weighted by Gasteiger charge is 2.14. The smallest absolute Gasteiger partial charge is 0.191 e. The van der Waals surface area contributed by atoms with Crippen molar-refractivity contribution >= 4 is 41.7 Å². The molecular formula is C18H28IN3OS. The minimum absolute atomic E-state index is 0. The number of hydrogen-bond acceptors (Lipinski definition) is 3. The molecule has 0 spiro atoms. The monoisotopic (exact) mass is 461 g/mol. The number of nitrogens with one attached hydrogen (secondary N) is 2. The molecule has 2 rings (SSSR count). The van der Waals surface area contributed by atoms with E-state index in [9.17, 15) is 0 Å². The summed E-state index contributed by atoms with van der Waals surface area (Å²) in [7, 11) is 0. The molecular weight excluding hydrogens is 433 g/mol. The minimum atomic E-state index is 0. The van der Waals surface area contributed by atoms with Crippen LogP contribution in [0.4, 0.5) is 0 Å². The lowest BCUT2D eigenvalue weighted by molar-refractivity contribution is 0.359. The molecule has 0 radical (unpaired) electrons. The van der Waals surface area contributed by atoms with E-state index < -0.39 is 0 Å². The number of para-hydroxylation sites is 1. The summed E-state index contributed by atoms with van der Waals surface area (Å²) in [4.78, 5) is 4.73. The SMILES string of the molecule is C=CCOc1ccccc1CN=C(NCC)NC1CCCSC1.I. The van der Waals surface area contributed by atoms with Crippen LogP contribution in [0.25, 0.3) is 0 Å². The van der Waals surface area contributed by atoms with Crippen LogP contribution in [0.15, 0.2) is 41.9 Å². The standard InChI is InChI=1S/C18H27N3OS.HI/c1-3-11-22-17-10-6-5-8-15(17)13-20-18(19-4-2)21-16-9-7-12-23-14-16;/h3,5-6,8,10,16H,1,4,7,9,11-14H2,2H3,(H2,19,20,21);1H. The first-order chi connectivity index (χ1) is 11.3. The van der Waals surface area contributed by atoms with E-state index in [4.69, 9.17) is 9.73 Å². The number of ether oxygens (including phenoxy) is 1. The summed E-state index contributed by atoms with van der Waals surface area (Å²) < 4.78 is 5.70. The van der Waals surface area contributed by atoms with Crippen LogP contribution in [0.2, 0.25) is 0 Å². The molecule has 0 amide bonds. The van der Waals surface area contributed by atoms with Gasteiger partial charge < -0.3 is 15.4 Å². The fraction of sp³-hybridized carbons (Fsp3) is 0.500. The molecule has 24 heavy (non-hydrogen) atoms. The van der Waals surface area contributed by atoms with Crippen molar-refractivity contribution in [1.82, 2.24) is 10.6 Å². The zero-order valence-electron chi connectivity index (χ0n) is 14.3. The molecule has 1 saturated heterocycles. The molecule has 0 bridgehead atoms. The molecule has 1 fully saturated rings. The second kappa shape index (κ2) is 12.5. The lowest BCUT2D eigenvalue weighted by atomic mass is 10.2. The van der Waals surface area contributed by atoms with Gasteiger partial charge in [0.2, 0.25) is 0 Å². The number of halogens is 1. The van der Waals surface area contributed by atoms with Crippen LogP contribution in [0.1, 0.15) is 25.3 Å². The van der Waals surface area contributed by atoms with E-state index in [-0.39, 0.29) is 24.0 Å². The Hall–Kier alpha value is -0.890. The summed E-state index contributed by atoms with van der Waals surface area (Å²) >= 11 is 2.01. The van der Waals surface area contributed by atoms with Crippen LogP contribution in [0.5, 0.6) is 5.75 Å². The number of guanidine groups is 1. The van der Waals surface area contributed by atoms with E-state index in [0.29, 0.717) is 19.2 Å². The van der Waals surface area contributed by atoms with Gasteiger partial charge in [-0.3, -0.25) is 0 Å². The number of hydrogen-bond donors (Lipinski definition) is 2. The molecule has 1 heterocycles. The normalized spacial score (nSPS) is 17.5. The number of aliphatic imine (C=N–C) groups is 1. The van der Waals surface area contributed by atoms with E-state index >= 15 is 0 Å². The first-order valence-corrected chi connectivity index (χ1v) is 9.43. The Kier molecular flexibility index (Phi) is 11.0. The van der Waals surface area contributed by atoms with Crippen LogP contribution < -0.4 is 15.4 Å². The van der Waals surface area contributed by atoms with Gasteiger partial charge in [-0.2, -0.15) is 11.8 Å². The van der Waals surface area contributed by atoms with E-state index in [1.165, 1.54) is 18.6 Å². The van der Waals surface area contributed by atoms with Gasteiger partial charge in [0, 0.05) is 23.9 Å². The third-order valence-electron chi connectivity index (χ3n) is 3.58. The highest BCUT2D eigenvalue weighted by atomic mass is 127. The summed E-state index contributed by atoms with van der Waals surface area (Å²) in [5, 5.41) is 6.89. The van der Waals surface area contributed by atoms with Crippen molar-refractivity contribution in [2.24, 2.45) is 4.99 Å². The summed E-state index contributed by atoms with van der Waals surface area (Å²) in [5.41, 5.74) is 1.09. The Labute approximate surface area is 166 Å². The highest BCUT2D eigenvalue weighted by molar-refractivity contribution is 14.0. The second-order valence-electron chi connectivity index (χ2n) is 5.46. The predicted molar refractivity (Wildman–Crippen MR) is 116 cm³/mol. The largest absolute Gasteiger partial charge is 0.489 e. The van der Waals surface area contributed by atoms with Gasteiger partial charge in [-0.25, -0.2) is 4.99 Å². The van der Waals surface area contributed by atoms with Crippen molar-refractivity contribution in [2.75, 3.05) is 24.7 Å². The number of rotatable bonds is 7. The first kappa shape index (κ1) is 21.2. The molecule has 1 aliphatic rings. The topological polar surface area (TPSA) is 45.6 Å².